The van der Waals surface area contributed by atoms with Gasteiger partial charge >= 0.3 is 0 Å². The molecule has 2 aromatic rings. The maximum absolute atomic E-state index is 13.0. The minimum absolute atomic E-state index is 0.103. The van der Waals surface area contributed by atoms with Gasteiger partial charge in [-0.1, -0.05) is 37.0 Å². The van der Waals surface area contributed by atoms with Crippen molar-refractivity contribution in [2.24, 2.45) is 0 Å². The maximum Gasteiger partial charge on any atom is 0.274 e. The molecule has 7 nitrogen and oxygen atoms in total. The van der Waals surface area contributed by atoms with E-state index in [4.69, 9.17) is 0 Å². The molecule has 0 atom stereocenters. The Labute approximate surface area is 156 Å². The van der Waals surface area contributed by atoms with E-state index >= 15 is 0 Å². The number of nitrogens with zero attached hydrogens (tertiary/aromatic N) is 5. The summed E-state index contributed by atoms with van der Waals surface area (Å²) in [6.07, 6.45) is 9.15. The molecular weight excluding hydrogens is 350 g/mol. The van der Waals surface area contributed by atoms with Gasteiger partial charge < -0.3 is 9.80 Å². The summed E-state index contributed by atoms with van der Waals surface area (Å²) < 4.78 is 1.58. The second-order valence-corrected chi connectivity index (χ2v) is 8.10. The Balaban J connectivity index is 1.69. The molecule has 0 saturated carbocycles. The number of anilines is 1. The fraction of sp³-hybridized carbons (Fsp3) is 0.667. The third-order valence-electron chi connectivity index (χ3n) is 5.23. The summed E-state index contributed by atoms with van der Waals surface area (Å²) in [5.41, 5.74) is -0.0199. The lowest BCUT2D eigenvalue weighted by atomic mass is 10.2. The molecule has 1 amide bonds. The molecule has 0 aromatic carbocycles. The van der Waals surface area contributed by atoms with E-state index in [1.165, 1.54) is 30.2 Å². The second kappa shape index (κ2) is 7.73. The Morgan fingerprint density at radius 3 is 2.19 bits per heavy atom. The van der Waals surface area contributed by atoms with Gasteiger partial charge in [-0.15, -0.1) is 5.10 Å². The Hall–Kier alpha value is -1.96. The van der Waals surface area contributed by atoms with Gasteiger partial charge in [0.15, 0.2) is 0 Å². The fourth-order valence-corrected chi connectivity index (χ4v) is 4.74. The van der Waals surface area contributed by atoms with Crippen LogP contribution in [0.4, 0.5) is 5.13 Å². The van der Waals surface area contributed by atoms with E-state index in [0.29, 0.717) is 10.7 Å². The third kappa shape index (κ3) is 3.60. The summed E-state index contributed by atoms with van der Waals surface area (Å²) in [4.78, 5) is 33.8. The Bertz CT molecular complexity index is 830. The van der Waals surface area contributed by atoms with E-state index in [2.05, 4.69) is 15.0 Å². The summed E-state index contributed by atoms with van der Waals surface area (Å²) in [5.74, 6) is -0.103. The van der Waals surface area contributed by atoms with Gasteiger partial charge in [0.05, 0.1) is 0 Å². The number of amides is 1. The third-order valence-corrected chi connectivity index (χ3v) is 6.20. The number of carbonyl (C=O) groups excluding carboxylic acids is 1. The van der Waals surface area contributed by atoms with Crippen molar-refractivity contribution < 1.29 is 4.79 Å². The van der Waals surface area contributed by atoms with Crippen LogP contribution in [0.5, 0.6) is 0 Å². The lowest BCUT2D eigenvalue weighted by molar-refractivity contribution is 0.0752. The molecule has 26 heavy (non-hydrogen) atoms. The molecule has 140 valence electrons. The summed E-state index contributed by atoms with van der Waals surface area (Å²) in [6, 6.07) is 1.34. The van der Waals surface area contributed by atoms with Crippen LogP contribution in [0.1, 0.15) is 61.9 Å². The normalized spacial score (nSPS) is 19.4. The average Bonchev–Trinajstić information content (AvgIpc) is 2.86. The minimum atomic E-state index is -0.366. The molecule has 4 rings (SSSR count). The van der Waals surface area contributed by atoms with Crippen molar-refractivity contribution >= 4 is 27.3 Å². The first-order valence-electron chi connectivity index (χ1n) is 9.67. The Morgan fingerprint density at radius 1 is 0.923 bits per heavy atom. The number of rotatable bonds is 2. The van der Waals surface area contributed by atoms with Crippen LogP contribution < -0.4 is 10.5 Å². The molecule has 0 radical (unpaired) electrons. The van der Waals surface area contributed by atoms with Crippen molar-refractivity contribution in [3.8, 4) is 0 Å². The summed E-state index contributed by atoms with van der Waals surface area (Å²) in [6.45, 7) is 3.45. The minimum Gasteiger partial charge on any atom is -0.347 e. The molecule has 2 fully saturated rings. The first-order chi connectivity index (χ1) is 12.7. The van der Waals surface area contributed by atoms with Crippen LogP contribution in [0.25, 0.3) is 4.96 Å². The lowest BCUT2D eigenvalue weighted by Gasteiger charge is -2.20. The van der Waals surface area contributed by atoms with Crippen molar-refractivity contribution in [3.63, 3.8) is 0 Å². The van der Waals surface area contributed by atoms with E-state index < -0.39 is 0 Å². The highest BCUT2D eigenvalue weighted by atomic mass is 32.1. The van der Waals surface area contributed by atoms with E-state index in [-0.39, 0.29) is 11.5 Å². The molecule has 2 aliphatic heterocycles. The first-order valence-corrected chi connectivity index (χ1v) is 10.5. The number of hydrogen-bond donors (Lipinski definition) is 0. The molecule has 0 N–H and O–H groups in total. The van der Waals surface area contributed by atoms with Gasteiger partial charge in [-0.05, 0) is 25.7 Å². The average molecular weight is 375 g/mol. The predicted octanol–water partition coefficient (Wildman–Crippen LogP) is 2.55. The van der Waals surface area contributed by atoms with Gasteiger partial charge in [-0.2, -0.15) is 9.50 Å². The van der Waals surface area contributed by atoms with Gasteiger partial charge in [-0.25, -0.2) is 0 Å². The molecule has 2 aliphatic rings. The zero-order valence-electron chi connectivity index (χ0n) is 15.0. The van der Waals surface area contributed by atoms with Crippen LogP contribution in [-0.2, 0) is 0 Å². The maximum atomic E-state index is 13.0. The number of aromatic nitrogens is 3. The van der Waals surface area contributed by atoms with Gasteiger partial charge in [0.25, 0.3) is 11.5 Å². The molecule has 0 bridgehead atoms. The highest BCUT2D eigenvalue weighted by Gasteiger charge is 2.23. The molecular formula is C18H25N5O2S. The quantitative estimate of drug-likeness (QED) is 0.807. The topological polar surface area (TPSA) is 70.8 Å². The Morgan fingerprint density at radius 2 is 1.54 bits per heavy atom. The monoisotopic (exact) mass is 375 g/mol. The van der Waals surface area contributed by atoms with Crippen LogP contribution in [0.2, 0.25) is 0 Å². The molecule has 2 saturated heterocycles. The molecule has 0 spiro atoms. The fourth-order valence-electron chi connectivity index (χ4n) is 3.78. The van der Waals surface area contributed by atoms with Crippen molar-refractivity contribution in [2.45, 2.75) is 51.4 Å². The second-order valence-electron chi connectivity index (χ2n) is 7.17. The summed E-state index contributed by atoms with van der Waals surface area (Å²) in [7, 11) is 0. The van der Waals surface area contributed by atoms with Crippen LogP contribution in [0.15, 0.2) is 10.9 Å². The highest BCUT2D eigenvalue weighted by Crippen LogP contribution is 2.25. The first kappa shape index (κ1) is 17.5. The molecule has 4 heterocycles. The SMILES string of the molecule is O=C(c1cc(=O)nc2sc(N3CCCCCC3)nn12)N1CCCCCC1. The highest BCUT2D eigenvalue weighted by molar-refractivity contribution is 7.20. The van der Waals surface area contributed by atoms with Crippen molar-refractivity contribution in [3.05, 3.63) is 22.1 Å². The van der Waals surface area contributed by atoms with Crippen LogP contribution in [0, 0.1) is 0 Å². The Kier molecular flexibility index (Phi) is 5.19. The number of carbonyl (C=O) groups is 1. The van der Waals surface area contributed by atoms with E-state index in [1.54, 1.807) is 4.52 Å². The molecule has 0 unspecified atom stereocenters. The zero-order valence-corrected chi connectivity index (χ0v) is 15.8. The predicted molar refractivity (Wildman–Crippen MR) is 102 cm³/mol. The van der Waals surface area contributed by atoms with Crippen LogP contribution in [-0.4, -0.2) is 51.6 Å². The molecule has 8 heteroatoms. The van der Waals surface area contributed by atoms with Crippen molar-refractivity contribution in [1.29, 1.82) is 0 Å². The molecule has 2 aromatic heterocycles. The van der Waals surface area contributed by atoms with Gasteiger partial charge in [0.2, 0.25) is 10.1 Å². The smallest absolute Gasteiger partial charge is 0.274 e. The zero-order chi connectivity index (χ0) is 17.9. The van der Waals surface area contributed by atoms with E-state index in [9.17, 15) is 9.59 Å². The van der Waals surface area contributed by atoms with Crippen molar-refractivity contribution in [2.75, 3.05) is 31.1 Å². The number of hydrogen-bond acceptors (Lipinski definition) is 6. The van der Waals surface area contributed by atoms with E-state index in [0.717, 1.165) is 69.8 Å². The number of likely N-dealkylation sites (tertiary alicyclic amines) is 1. The van der Waals surface area contributed by atoms with Crippen molar-refractivity contribution in [1.82, 2.24) is 19.5 Å². The molecule has 0 aliphatic carbocycles. The van der Waals surface area contributed by atoms with Gasteiger partial charge in [0, 0.05) is 32.2 Å². The van der Waals surface area contributed by atoms with E-state index in [1.807, 2.05) is 4.90 Å². The van der Waals surface area contributed by atoms with Gasteiger partial charge in [-0.3, -0.25) is 9.59 Å². The van der Waals surface area contributed by atoms with Crippen LogP contribution >= 0.6 is 11.3 Å². The lowest BCUT2D eigenvalue weighted by Crippen LogP contribution is -2.34. The summed E-state index contributed by atoms with van der Waals surface area (Å²) >= 11 is 1.41. The van der Waals surface area contributed by atoms with Crippen LogP contribution in [0.3, 0.4) is 0 Å². The standard InChI is InChI=1S/C18H25N5O2S/c24-15-13-14(16(25)21-9-5-1-2-6-10-21)23-17(19-15)26-18(20-23)22-11-7-3-4-8-12-22/h13H,1-12H2. The summed E-state index contributed by atoms with van der Waals surface area (Å²) in [5, 5.41) is 5.53. The largest absolute Gasteiger partial charge is 0.347 e. The number of fused-ring (bicyclic) bond motifs is 1. The van der Waals surface area contributed by atoms with Gasteiger partial charge in [0.1, 0.15) is 5.69 Å².